The molecule has 0 unspecified atom stereocenters. The summed E-state index contributed by atoms with van der Waals surface area (Å²) in [4.78, 5) is 12.0. The Hall–Kier alpha value is -2.29. The minimum absolute atomic E-state index is 0.0464. The highest BCUT2D eigenvalue weighted by atomic mass is 16.5. The summed E-state index contributed by atoms with van der Waals surface area (Å²) < 4.78 is 5.79. The summed E-state index contributed by atoms with van der Waals surface area (Å²) in [5.41, 5.74) is 1.27. The fourth-order valence-corrected chi connectivity index (χ4v) is 2.21. The Morgan fingerprint density at radius 2 is 1.78 bits per heavy atom. The SMILES string of the molecule is O=C1C[C@@H](c2ccccc2O)Oc2ccccc21. The van der Waals surface area contributed by atoms with Crippen LogP contribution in [0.15, 0.2) is 48.5 Å². The molecular formula is C15H12O3. The number of Topliss-reactive ketones (excluding diaryl/α,β-unsaturated/α-hetero) is 1. The molecule has 2 aromatic rings. The molecule has 0 amide bonds. The highest BCUT2D eigenvalue weighted by Crippen LogP contribution is 2.37. The van der Waals surface area contributed by atoms with Crippen molar-refractivity contribution in [3.63, 3.8) is 0 Å². The molecule has 0 spiro atoms. The number of rotatable bonds is 1. The number of aromatic hydroxyl groups is 1. The summed E-state index contributed by atoms with van der Waals surface area (Å²) in [5.74, 6) is 0.793. The third kappa shape index (κ3) is 1.74. The van der Waals surface area contributed by atoms with Crippen LogP contribution in [0.3, 0.4) is 0 Å². The van der Waals surface area contributed by atoms with E-state index < -0.39 is 6.10 Å². The number of carbonyl (C=O) groups is 1. The van der Waals surface area contributed by atoms with Crippen molar-refractivity contribution >= 4 is 5.78 Å². The Labute approximate surface area is 105 Å². The number of carbonyl (C=O) groups excluding carboxylic acids is 1. The Bertz CT molecular complexity index is 604. The average Bonchev–Trinajstić information content (AvgIpc) is 2.39. The molecule has 1 atom stereocenters. The number of benzene rings is 2. The lowest BCUT2D eigenvalue weighted by Gasteiger charge is -2.25. The largest absolute Gasteiger partial charge is 0.508 e. The second-order valence-electron chi connectivity index (χ2n) is 4.29. The van der Waals surface area contributed by atoms with E-state index in [4.69, 9.17) is 4.74 Å². The van der Waals surface area contributed by atoms with Gasteiger partial charge in [-0.2, -0.15) is 0 Å². The first kappa shape index (κ1) is 10.8. The van der Waals surface area contributed by atoms with Crippen LogP contribution in [0.5, 0.6) is 11.5 Å². The van der Waals surface area contributed by atoms with Crippen molar-refractivity contribution < 1.29 is 14.6 Å². The fourth-order valence-electron chi connectivity index (χ4n) is 2.21. The highest BCUT2D eigenvalue weighted by molar-refractivity contribution is 6.00. The first-order valence-corrected chi connectivity index (χ1v) is 5.82. The van der Waals surface area contributed by atoms with E-state index in [-0.39, 0.29) is 18.0 Å². The van der Waals surface area contributed by atoms with Gasteiger partial charge in [-0.05, 0) is 18.2 Å². The molecule has 0 aliphatic carbocycles. The number of ketones is 1. The molecule has 0 radical (unpaired) electrons. The maximum Gasteiger partial charge on any atom is 0.170 e. The van der Waals surface area contributed by atoms with Crippen LogP contribution >= 0.6 is 0 Å². The van der Waals surface area contributed by atoms with Gasteiger partial charge in [0.05, 0.1) is 12.0 Å². The molecule has 3 nitrogen and oxygen atoms in total. The molecule has 3 heteroatoms. The van der Waals surface area contributed by atoms with Gasteiger partial charge in [0.15, 0.2) is 5.78 Å². The van der Waals surface area contributed by atoms with E-state index in [0.717, 1.165) is 0 Å². The van der Waals surface area contributed by atoms with Crippen molar-refractivity contribution in [1.82, 2.24) is 0 Å². The van der Waals surface area contributed by atoms with E-state index in [0.29, 0.717) is 16.9 Å². The number of hydrogen-bond donors (Lipinski definition) is 1. The van der Waals surface area contributed by atoms with Crippen LogP contribution in [0.2, 0.25) is 0 Å². The molecule has 0 fully saturated rings. The fraction of sp³-hybridized carbons (Fsp3) is 0.133. The second kappa shape index (κ2) is 4.18. The van der Waals surface area contributed by atoms with Crippen LogP contribution < -0.4 is 4.74 Å². The number of phenols is 1. The monoisotopic (exact) mass is 240 g/mol. The number of fused-ring (bicyclic) bond motifs is 1. The van der Waals surface area contributed by atoms with Gasteiger partial charge in [-0.25, -0.2) is 0 Å². The van der Waals surface area contributed by atoms with E-state index in [1.165, 1.54) is 0 Å². The predicted molar refractivity (Wildman–Crippen MR) is 66.9 cm³/mol. The van der Waals surface area contributed by atoms with Gasteiger partial charge in [0.1, 0.15) is 17.6 Å². The molecule has 0 saturated heterocycles. The average molecular weight is 240 g/mol. The standard InChI is InChI=1S/C15H12O3/c16-12-7-3-1-5-10(12)15-9-13(17)11-6-2-4-8-14(11)18-15/h1-8,15-16H,9H2/t15-/m0/s1. The van der Waals surface area contributed by atoms with Gasteiger partial charge in [-0.15, -0.1) is 0 Å². The summed E-state index contributed by atoms with van der Waals surface area (Å²) in [5, 5.41) is 9.81. The number of para-hydroxylation sites is 2. The van der Waals surface area contributed by atoms with E-state index in [1.807, 2.05) is 18.2 Å². The molecule has 0 saturated carbocycles. The van der Waals surface area contributed by atoms with Crippen LogP contribution in [0, 0.1) is 0 Å². The molecule has 1 aliphatic rings. The normalized spacial score (nSPS) is 18.0. The van der Waals surface area contributed by atoms with Crippen molar-refractivity contribution in [2.75, 3.05) is 0 Å². The van der Waals surface area contributed by atoms with Crippen molar-refractivity contribution in [3.05, 3.63) is 59.7 Å². The van der Waals surface area contributed by atoms with Gasteiger partial charge in [0.25, 0.3) is 0 Å². The molecule has 0 bridgehead atoms. The topological polar surface area (TPSA) is 46.5 Å². The summed E-state index contributed by atoms with van der Waals surface area (Å²) in [7, 11) is 0. The van der Waals surface area contributed by atoms with Gasteiger partial charge in [-0.3, -0.25) is 4.79 Å². The van der Waals surface area contributed by atoms with Gasteiger partial charge in [-0.1, -0.05) is 30.3 Å². The quantitative estimate of drug-likeness (QED) is 0.833. The third-order valence-electron chi connectivity index (χ3n) is 3.11. The zero-order valence-corrected chi connectivity index (χ0v) is 9.67. The molecule has 1 N–H and O–H groups in total. The van der Waals surface area contributed by atoms with Crippen LogP contribution in [-0.2, 0) is 0 Å². The van der Waals surface area contributed by atoms with Crippen molar-refractivity contribution in [1.29, 1.82) is 0 Å². The lowest BCUT2D eigenvalue weighted by atomic mass is 9.96. The molecule has 1 heterocycles. The summed E-state index contributed by atoms with van der Waals surface area (Å²) in [6.45, 7) is 0. The van der Waals surface area contributed by atoms with Crippen LogP contribution in [0.25, 0.3) is 0 Å². The van der Waals surface area contributed by atoms with E-state index >= 15 is 0 Å². The number of phenolic OH excluding ortho intramolecular Hbond substituents is 1. The number of hydrogen-bond acceptors (Lipinski definition) is 3. The zero-order valence-electron chi connectivity index (χ0n) is 9.67. The van der Waals surface area contributed by atoms with Gasteiger partial charge >= 0.3 is 0 Å². The third-order valence-corrected chi connectivity index (χ3v) is 3.11. The lowest BCUT2D eigenvalue weighted by Crippen LogP contribution is -2.20. The Morgan fingerprint density at radius 3 is 2.61 bits per heavy atom. The maximum absolute atomic E-state index is 12.0. The first-order chi connectivity index (χ1) is 8.75. The Balaban J connectivity index is 2.00. The zero-order chi connectivity index (χ0) is 12.5. The van der Waals surface area contributed by atoms with E-state index in [1.54, 1.807) is 30.3 Å². The molecular weight excluding hydrogens is 228 g/mol. The summed E-state index contributed by atoms with van der Waals surface area (Å²) in [6.07, 6.45) is -0.150. The molecule has 1 aliphatic heterocycles. The summed E-state index contributed by atoms with van der Waals surface area (Å²) in [6, 6.07) is 14.1. The molecule has 2 aromatic carbocycles. The van der Waals surface area contributed by atoms with Crippen molar-refractivity contribution in [2.24, 2.45) is 0 Å². The molecule has 90 valence electrons. The van der Waals surface area contributed by atoms with Crippen LogP contribution in [0.4, 0.5) is 0 Å². The Kier molecular flexibility index (Phi) is 2.52. The van der Waals surface area contributed by atoms with Crippen LogP contribution in [0.1, 0.15) is 28.4 Å². The predicted octanol–water partition coefficient (Wildman–Crippen LogP) is 3.10. The van der Waals surface area contributed by atoms with Gasteiger partial charge in [0.2, 0.25) is 0 Å². The minimum atomic E-state index is -0.409. The summed E-state index contributed by atoms with van der Waals surface area (Å²) >= 11 is 0. The smallest absolute Gasteiger partial charge is 0.170 e. The van der Waals surface area contributed by atoms with Crippen LogP contribution in [-0.4, -0.2) is 10.9 Å². The second-order valence-corrected chi connectivity index (χ2v) is 4.29. The highest BCUT2D eigenvalue weighted by Gasteiger charge is 2.28. The first-order valence-electron chi connectivity index (χ1n) is 5.82. The molecule has 0 aromatic heterocycles. The van der Waals surface area contributed by atoms with Gasteiger partial charge < -0.3 is 9.84 Å². The molecule has 18 heavy (non-hydrogen) atoms. The number of ether oxygens (including phenoxy) is 1. The Morgan fingerprint density at radius 1 is 1.06 bits per heavy atom. The lowest BCUT2D eigenvalue weighted by molar-refractivity contribution is 0.0847. The van der Waals surface area contributed by atoms with E-state index in [2.05, 4.69) is 0 Å². The minimum Gasteiger partial charge on any atom is -0.508 e. The van der Waals surface area contributed by atoms with Crippen molar-refractivity contribution in [3.8, 4) is 11.5 Å². The van der Waals surface area contributed by atoms with Gasteiger partial charge in [0, 0.05) is 5.56 Å². The van der Waals surface area contributed by atoms with E-state index in [9.17, 15) is 9.90 Å². The maximum atomic E-state index is 12.0. The molecule has 3 rings (SSSR count). The van der Waals surface area contributed by atoms with Crippen molar-refractivity contribution in [2.45, 2.75) is 12.5 Å².